The first-order valence-electron chi connectivity index (χ1n) is 7.78. The third kappa shape index (κ3) is 2.34. The van der Waals surface area contributed by atoms with Gasteiger partial charge in [-0.25, -0.2) is 9.78 Å². The number of aromatic nitrogens is 1. The Morgan fingerprint density at radius 2 is 2.04 bits per heavy atom. The SMILES string of the molecule is O=C(c1ncc(Nc2cccc(Cl)c2)c2c1C1CCC2C1)[N+](=O)[O-]. The zero-order chi connectivity index (χ0) is 16.8. The van der Waals surface area contributed by atoms with Crippen LogP contribution >= 0.6 is 11.6 Å². The van der Waals surface area contributed by atoms with Crippen LogP contribution in [0.2, 0.25) is 5.02 Å². The van der Waals surface area contributed by atoms with Crippen LogP contribution in [0.15, 0.2) is 30.5 Å². The Labute approximate surface area is 143 Å². The third-order valence-corrected chi connectivity index (χ3v) is 5.11. The summed E-state index contributed by atoms with van der Waals surface area (Å²) in [6.07, 6.45) is 4.45. The van der Waals surface area contributed by atoms with Crippen molar-refractivity contribution >= 4 is 28.9 Å². The van der Waals surface area contributed by atoms with Crippen molar-refractivity contribution in [3.63, 3.8) is 0 Å². The standard InChI is InChI=1S/C17H14ClN3O3/c18-11-2-1-3-12(7-11)20-13-8-19-16(17(22)21(23)24)15-10-5-4-9(6-10)14(13)15/h1-3,7-10,20H,4-6H2. The number of nitro groups is 1. The topological polar surface area (TPSA) is 85.1 Å². The molecule has 2 aromatic rings. The number of fused-ring (bicyclic) bond motifs is 5. The summed E-state index contributed by atoms with van der Waals surface area (Å²) in [4.78, 5) is 26.0. The second-order valence-corrected chi connectivity index (χ2v) is 6.69. The van der Waals surface area contributed by atoms with Gasteiger partial charge in [-0.2, -0.15) is 0 Å². The summed E-state index contributed by atoms with van der Waals surface area (Å²) in [5, 5.41) is 14.8. The minimum absolute atomic E-state index is 0.00107. The molecule has 2 atom stereocenters. The highest BCUT2D eigenvalue weighted by Crippen LogP contribution is 2.56. The van der Waals surface area contributed by atoms with Gasteiger partial charge in [0.15, 0.2) is 5.69 Å². The summed E-state index contributed by atoms with van der Waals surface area (Å²) in [6, 6.07) is 7.32. The third-order valence-electron chi connectivity index (χ3n) is 4.88. The molecule has 1 saturated carbocycles. The van der Waals surface area contributed by atoms with E-state index < -0.39 is 10.8 Å². The molecule has 0 saturated heterocycles. The van der Waals surface area contributed by atoms with Gasteiger partial charge in [-0.05, 0) is 60.4 Å². The van der Waals surface area contributed by atoms with Gasteiger partial charge in [-0.1, -0.05) is 17.7 Å². The lowest BCUT2D eigenvalue weighted by atomic mass is 9.89. The molecular weight excluding hydrogens is 330 g/mol. The highest BCUT2D eigenvalue weighted by atomic mass is 35.5. The minimum Gasteiger partial charge on any atom is -0.354 e. The van der Waals surface area contributed by atoms with Crippen molar-refractivity contribution in [3.8, 4) is 0 Å². The van der Waals surface area contributed by atoms with Gasteiger partial charge < -0.3 is 5.32 Å². The normalized spacial score (nSPS) is 20.7. The van der Waals surface area contributed by atoms with Crippen molar-refractivity contribution < 1.29 is 9.72 Å². The van der Waals surface area contributed by atoms with Crippen molar-refractivity contribution in [3.05, 3.63) is 62.4 Å². The molecule has 2 bridgehead atoms. The van der Waals surface area contributed by atoms with Gasteiger partial charge >= 0.3 is 5.91 Å². The fraction of sp³-hybridized carbons (Fsp3) is 0.294. The maximum absolute atomic E-state index is 11.9. The van der Waals surface area contributed by atoms with E-state index in [0.717, 1.165) is 41.8 Å². The minimum atomic E-state index is -1.12. The molecule has 6 nitrogen and oxygen atoms in total. The highest BCUT2D eigenvalue weighted by molar-refractivity contribution is 6.30. The van der Waals surface area contributed by atoms with E-state index in [1.807, 2.05) is 12.1 Å². The maximum atomic E-state index is 11.9. The van der Waals surface area contributed by atoms with Crippen LogP contribution in [0.1, 0.15) is 52.7 Å². The Hall–Kier alpha value is -2.47. The fourth-order valence-corrected chi connectivity index (χ4v) is 4.17. The Morgan fingerprint density at radius 1 is 1.29 bits per heavy atom. The van der Waals surface area contributed by atoms with Crippen molar-refractivity contribution in [1.29, 1.82) is 0 Å². The molecular formula is C17H14ClN3O3. The zero-order valence-electron chi connectivity index (χ0n) is 12.7. The smallest absolute Gasteiger partial charge is 0.354 e. The van der Waals surface area contributed by atoms with Gasteiger partial charge in [-0.15, -0.1) is 0 Å². The Kier molecular flexibility index (Phi) is 3.49. The molecule has 7 heteroatoms. The van der Waals surface area contributed by atoms with Crippen molar-refractivity contribution in [1.82, 2.24) is 4.98 Å². The first-order chi connectivity index (χ1) is 11.5. The Morgan fingerprint density at radius 3 is 2.75 bits per heavy atom. The van der Waals surface area contributed by atoms with Crippen LogP contribution in [-0.4, -0.2) is 15.8 Å². The number of halogens is 1. The number of carbonyl (C=O) groups excluding carboxylic acids is 1. The van der Waals surface area contributed by atoms with E-state index in [1.165, 1.54) is 6.20 Å². The molecule has 2 aliphatic rings. The molecule has 122 valence electrons. The fourth-order valence-electron chi connectivity index (χ4n) is 3.98. The molecule has 1 heterocycles. The number of pyridine rings is 1. The summed E-state index contributed by atoms with van der Waals surface area (Å²) in [7, 11) is 0. The molecule has 2 unspecified atom stereocenters. The molecule has 0 radical (unpaired) electrons. The van der Waals surface area contributed by atoms with Crippen LogP contribution in [0.25, 0.3) is 0 Å². The zero-order valence-corrected chi connectivity index (χ0v) is 13.4. The summed E-state index contributed by atoms with van der Waals surface area (Å²) in [5.74, 6) is -0.599. The lowest BCUT2D eigenvalue weighted by Crippen LogP contribution is -2.18. The lowest BCUT2D eigenvalue weighted by Gasteiger charge is -2.20. The molecule has 1 N–H and O–H groups in total. The number of nitrogens with one attached hydrogen (secondary N) is 1. The van der Waals surface area contributed by atoms with Crippen molar-refractivity contribution in [2.24, 2.45) is 0 Å². The Balaban J connectivity index is 1.80. The van der Waals surface area contributed by atoms with E-state index in [2.05, 4.69) is 10.3 Å². The Bertz CT molecular complexity index is 868. The first-order valence-corrected chi connectivity index (χ1v) is 8.16. The predicted octanol–water partition coefficient (Wildman–Crippen LogP) is 4.26. The second-order valence-electron chi connectivity index (χ2n) is 6.25. The van der Waals surface area contributed by atoms with Crippen molar-refractivity contribution in [2.45, 2.75) is 31.1 Å². The van der Waals surface area contributed by atoms with E-state index in [0.29, 0.717) is 10.9 Å². The summed E-state index contributed by atoms with van der Waals surface area (Å²) in [6.45, 7) is 0. The van der Waals surface area contributed by atoms with E-state index in [9.17, 15) is 14.9 Å². The van der Waals surface area contributed by atoms with Crippen LogP contribution < -0.4 is 5.32 Å². The van der Waals surface area contributed by atoms with Gasteiger partial charge in [0.05, 0.1) is 11.9 Å². The van der Waals surface area contributed by atoms with Crippen LogP contribution in [0.5, 0.6) is 0 Å². The summed E-state index contributed by atoms with van der Waals surface area (Å²) in [5.41, 5.74) is 3.40. The largest absolute Gasteiger partial charge is 0.494 e. The quantitative estimate of drug-likeness (QED) is 0.664. The van der Waals surface area contributed by atoms with Crippen LogP contribution in [0, 0.1) is 10.1 Å². The number of nitrogens with zero attached hydrogens (tertiary/aromatic N) is 2. The van der Waals surface area contributed by atoms with E-state index in [1.54, 1.807) is 12.1 Å². The van der Waals surface area contributed by atoms with Crippen LogP contribution in [0.4, 0.5) is 11.4 Å². The van der Waals surface area contributed by atoms with E-state index >= 15 is 0 Å². The number of anilines is 2. The molecule has 4 rings (SSSR count). The predicted molar refractivity (Wildman–Crippen MR) is 89.6 cm³/mol. The van der Waals surface area contributed by atoms with Crippen LogP contribution in [0.3, 0.4) is 0 Å². The van der Waals surface area contributed by atoms with Gasteiger partial charge in [0.25, 0.3) is 0 Å². The average molecular weight is 344 g/mol. The van der Waals surface area contributed by atoms with Gasteiger partial charge in [0, 0.05) is 10.7 Å². The number of rotatable bonds is 3. The van der Waals surface area contributed by atoms with Gasteiger partial charge in [0.1, 0.15) is 4.92 Å². The van der Waals surface area contributed by atoms with Gasteiger partial charge in [-0.3, -0.25) is 10.1 Å². The van der Waals surface area contributed by atoms with Crippen LogP contribution in [-0.2, 0) is 0 Å². The number of hydrogen-bond acceptors (Lipinski definition) is 5. The molecule has 2 aliphatic carbocycles. The van der Waals surface area contributed by atoms with Gasteiger partial charge in [0.2, 0.25) is 0 Å². The highest BCUT2D eigenvalue weighted by Gasteiger charge is 2.43. The maximum Gasteiger partial charge on any atom is 0.494 e. The lowest BCUT2D eigenvalue weighted by molar-refractivity contribution is -0.375. The molecule has 0 spiro atoms. The monoisotopic (exact) mass is 343 g/mol. The van der Waals surface area contributed by atoms with E-state index in [4.69, 9.17) is 11.6 Å². The second kappa shape index (κ2) is 5.56. The molecule has 1 aromatic heterocycles. The molecule has 1 fully saturated rings. The molecule has 0 aliphatic heterocycles. The molecule has 24 heavy (non-hydrogen) atoms. The number of hydrogen-bond donors (Lipinski definition) is 1. The first kappa shape index (κ1) is 15.1. The average Bonchev–Trinajstić information content (AvgIpc) is 3.16. The summed E-state index contributed by atoms with van der Waals surface area (Å²) >= 11 is 6.02. The van der Waals surface area contributed by atoms with Crippen molar-refractivity contribution in [2.75, 3.05) is 5.32 Å². The summed E-state index contributed by atoms with van der Waals surface area (Å²) < 4.78 is 0. The number of carbonyl (C=O) groups is 1. The molecule has 1 amide bonds. The number of amides is 1. The van der Waals surface area contributed by atoms with E-state index in [-0.39, 0.29) is 11.6 Å². The molecule has 1 aromatic carbocycles. The number of benzene rings is 1.